The summed E-state index contributed by atoms with van der Waals surface area (Å²) in [5.41, 5.74) is -0.0873. The van der Waals surface area contributed by atoms with Gasteiger partial charge < -0.3 is 9.64 Å². The minimum absolute atomic E-state index is 0.0689. The normalized spacial score (nSPS) is 12.0. The molecule has 0 radical (unpaired) electrons. The Morgan fingerprint density at radius 1 is 1.33 bits per heavy atom. The SMILES string of the molecule is CCN(C)C=Nc1cc(C(F)(F)F)c(Oc2nc(C)ns2)cc1C. The Balaban J connectivity index is 2.43. The monoisotopic (exact) mass is 358 g/mol. The van der Waals surface area contributed by atoms with E-state index in [1.807, 2.05) is 6.92 Å². The van der Waals surface area contributed by atoms with E-state index in [0.29, 0.717) is 17.9 Å². The highest BCUT2D eigenvalue weighted by Gasteiger charge is 2.35. The largest absolute Gasteiger partial charge is 0.429 e. The van der Waals surface area contributed by atoms with Gasteiger partial charge in [-0.25, -0.2) is 4.99 Å². The van der Waals surface area contributed by atoms with Crippen LogP contribution in [0.1, 0.15) is 23.9 Å². The van der Waals surface area contributed by atoms with Crippen molar-refractivity contribution in [1.29, 1.82) is 0 Å². The van der Waals surface area contributed by atoms with E-state index in [9.17, 15) is 13.2 Å². The standard InChI is InChI=1S/C15H17F3N4OS/c1-5-22(4)8-19-12-7-11(15(16,17)18)13(6-9(12)2)23-14-20-10(3)21-24-14/h6-8H,5H2,1-4H3. The van der Waals surface area contributed by atoms with Crippen molar-refractivity contribution in [3.8, 4) is 10.9 Å². The van der Waals surface area contributed by atoms with Crippen LogP contribution < -0.4 is 4.74 Å². The quantitative estimate of drug-likeness (QED) is 0.580. The van der Waals surface area contributed by atoms with Crippen molar-refractivity contribution < 1.29 is 17.9 Å². The molecule has 0 spiro atoms. The predicted octanol–water partition coefficient (Wildman–Crippen LogP) is 4.58. The summed E-state index contributed by atoms with van der Waals surface area (Å²) in [6.07, 6.45) is -3.07. The number of alkyl halides is 3. The lowest BCUT2D eigenvalue weighted by atomic mass is 10.1. The van der Waals surface area contributed by atoms with E-state index in [4.69, 9.17) is 4.74 Å². The Hall–Kier alpha value is -2.16. The molecule has 2 rings (SSSR count). The van der Waals surface area contributed by atoms with Crippen molar-refractivity contribution >= 4 is 23.6 Å². The fraction of sp³-hybridized carbons (Fsp3) is 0.400. The number of aliphatic imine (C=N–C) groups is 1. The summed E-state index contributed by atoms with van der Waals surface area (Å²) < 4.78 is 49.3. The minimum Gasteiger partial charge on any atom is -0.429 e. The molecule has 5 nitrogen and oxygen atoms in total. The van der Waals surface area contributed by atoms with E-state index in [2.05, 4.69) is 14.3 Å². The molecule has 0 fully saturated rings. The first-order valence-corrected chi connectivity index (χ1v) is 7.92. The lowest BCUT2D eigenvalue weighted by molar-refractivity contribution is -0.138. The van der Waals surface area contributed by atoms with Gasteiger partial charge in [-0.3, -0.25) is 0 Å². The van der Waals surface area contributed by atoms with E-state index in [1.165, 1.54) is 12.4 Å². The average molecular weight is 358 g/mol. The second-order valence-electron chi connectivity index (χ2n) is 5.16. The highest BCUT2D eigenvalue weighted by atomic mass is 32.1. The van der Waals surface area contributed by atoms with Crippen LogP contribution in [0.2, 0.25) is 0 Å². The Bertz CT molecular complexity index is 743. The van der Waals surface area contributed by atoms with Crippen molar-refractivity contribution in [3.05, 3.63) is 29.1 Å². The van der Waals surface area contributed by atoms with Crippen LogP contribution in [0.15, 0.2) is 17.1 Å². The maximum absolute atomic E-state index is 13.4. The molecule has 0 saturated heterocycles. The van der Waals surface area contributed by atoms with Gasteiger partial charge >= 0.3 is 6.18 Å². The number of aromatic nitrogens is 2. The summed E-state index contributed by atoms with van der Waals surface area (Å²) in [5.74, 6) is 0.142. The van der Waals surface area contributed by atoms with E-state index in [1.54, 1.807) is 25.8 Å². The van der Waals surface area contributed by atoms with Gasteiger partial charge in [0.1, 0.15) is 17.1 Å². The number of ether oxygens (including phenoxy) is 1. The Kier molecular flexibility index (Phi) is 5.43. The average Bonchev–Trinajstić information content (AvgIpc) is 2.89. The summed E-state index contributed by atoms with van der Waals surface area (Å²) in [6, 6.07) is 2.30. The van der Waals surface area contributed by atoms with Crippen LogP contribution in [0.5, 0.6) is 10.9 Å². The van der Waals surface area contributed by atoms with Crippen molar-refractivity contribution in [2.45, 2.75) is 26.9 Å². The van der Waals surface area contributed by atoms with E-state index in [-0.39, 0.29) is 16.6 Å². The highest BCUT2D eigenvalue weighted by Crippen LogP contribution is 2.41. The second kappa shape index (κ2) is 7.16. The smallest absolute Gasteiger partial charge is 0.420 e. The zero-order chi connectivity index (χ0) is 17.9. The highest BCUT2D eigenvalue weighted by molar-refractivity contribution is 7.07. The molecule has 0 saturated carbocycles. The number of rotatable bonds is 5. The van der Waals surface area contributed by atoms with Crippen LogP contribution in [0.4, 0.5) is 18.9 Å². The van der Waals surface area contributed by atoms with E-state index < -0.39 is 11.7 Å². The van der Waals surface area contributed by atoms with Crippen LogP contribution >= 0.6 is 11.5 Å². The van der Waals surface area contributed by atoms with Crippen molar-refractivity contribution in [1.82, 2.24) is 14.3 Å². The lowest BCUT2D eigenvalue weighted by Crippen LogP contribution is -2.14. The van der Waals surface area contributed by atoms with Crippen molar-refractivity contribution in [2.75, 3.05) is 13.6 Å². The molecular weight excluding hydrogens is 341 g/mol. The molecule has 0 amide bonds. The maximum Gasteiger partial charge on any atom is 0.420 e. The van der Waals surface area contributed by atoms with Gasteiger partial charge in [-0.1, -0.05) is 0 Å². The molecular formula is C15H17F3N4OS. The number of aryl methyl sites for hydroxylation is 2. The number of nitrogens with zero attached hydrogens (tertiary/aromatic N) is 4. The van der Waals surface area contributed by atoms with Crippen LogP contribution in [0, 0.1) is 13.8 Å². The summed E-state index contributed by atoms with van der Waals surface area (Å²) in [7, 11) is 1.79. The van der Waals surface area contributed by atoms with Crippen LogP contribution in [-0.2, 0) is 6.18 Å². The Labute approximate surface area is 142 Å². The van der Waals surface area contributed by atoms with Gasteiger partial charge in [-0.05, 0) is 38.5 Å². The zero-order valence-electron chi connectivity index (χ0n) is 13.7. The predicted molar refractivity (Wildman–Crippen MR) is 87.4 cm³/mol. The van der Waals surface area contributed by atoms with Gasteiger partial charge in [0.25, 0.3) is 5.19 Å². The first-order chi connectivity index (χ1) is 11.2. The molecule has 0 aliphatic carbocycles. The number of halogens is 3. The zero-order valence-corrected chi connectivity index (χ0v) is 14.5. The molecule has 0 unspecified atom stereocenters. The van der Waals surface area contributed by atoms with Gasteiger partial charge in [-0.15, -0.1) is 0 Å². The number of hydrogen-bond donors (Lipinski definition) is 0. The second-order valence-corrected chi connectivity index (χ2v) is 5.87. The summed E-state index contributed by atoms with van der Waals surface area (Å²) in [4.78, 5) is 9.82. The van der Waals surface area contributed by atoms with Crippen molar-refractivity contribution in [2.24, 2.45) is 4.99 Å². The fourth-order valence-electron chi connectivity index (χ4n) is 1.77. The van der Waals surface area contributed by atoms with Crippen molar-refractivity contribution in [3.63, 3.8) is 0 Å². The summed E-state index contributed by atoms with van der Waals surface area (Å²) in [5, 5.41) is 0.0689. The summed E-state index contributed by atoms with van der Waals surface area (Å²) in [6.45, 7) is 5.94. The molecule has 9 heteroatoms. The first kappa shape index (κ1) is 18.2. The fourth-order valence-corrected chi connectivity index (χ4v) is 2.32. The molecule has 1 aromatic carbocycles. The molecule has 0 bridgehead atoms. The minimum atomic E-state index is -4.57. The van der Waals surface area contributed by atoms with Gasteiger partial charge in [-0.2, -0.15) is 22.5 Å². The topological polar surface area (TPSA) is 50.6 Å². The Morgan fingerprint density at radius 3 is 2.58 bits per heavy atom. The third-order valence-electron chi connectivity index (χ3n) is 3.20. The van der Waals surface area contributed by atoms with E-state index in [0.717, 1.165) is 17.6 Å². The summed E-state index contributed by atoms with van der Waals surface area (Å²) >= 11 is 0.904. The molecule has 1 heterocycles. The first-order valence-electron chi connectivity index (χ1n) is 7.15. The molecule has 0 aliphatic rings. The van der Waals surface area contributed by atoms with Gasteiger partial charge in [0, 0.05) is 25.1 Å². The van der Waals surface area contributed by atoms with Gasteiger partial charge in [0.05, 0.1) is 12.0 Å². The van der Waals surface area contributed by atoms with Gasteiger partial charge in [0.15, 0.2) is 0 Å². The van der Waals surface area contributed by atoms with Gasteiger partial charge in [0.2, 0.25) is 0 Å². The third-order valence-corrected chi connectivity index (χ3v) is 3.89. The third kappa shape index (κ3) is 4.44. The lowest BCUT2D eigenvalue weighted by Gasteiger charge is -2.15. The van der Waals surface area contributed by atoms with Crippen LogP contribution in [-0.4, -0.2) is 34.2 Å². The molecule has 0 aliphatic heterocycles. The van der Waals surface area contributed by atoms with Crippen LogP contribution in [0.25, 0.3) is 0 Å². The Morgan fingerprint density at radius 2 is 2.04 bits per heavy atom. The molecule has 2 aromatic rings. The molecule has 0 atom stereocenters. The molecule has 130 valence electrons. The maximum atomic E-state index is 13.4. The van der Waals surface area contributed by atoms with E-state index >= 15 is 0 Å². The number of hydrogen-bond acceptors (Lipinski definition) is 5. The molecule has 1 aromatic heterocycles. The molecule has 0 N–H and O–H groups in total. The van der Waals surface area contributed by atoms with Crippen LogP contribution in [0.3, 0.4) is 0 Å². The number of benzene rings is 1. The molecule has 24 heavy (non-hydrogen) atoms.